The molecule has 1 saturated heterocycles. The molecule has 0 N–H and O–H groups in total. The molecule has 1 aliphatic rings. The summed E-state index contributed by atoms with van der Waals surface area (Å²) >= 11 is 1.36. The van der Waals surface area contributed by atoms with E-state index in [9.17, 15) is 14.4 Å². The predicted molar refractivity (Wildman–Crippen MR) is 98.7 cm³/mol. The SMILES string of the molecule is CCOC(=O)N1CCN(C(=O)c2ccccc2C(=O)c2cccs2)CC1. The van der Waals surface area contributed by atoms with Crippen LogP contribution in [0.1, 0.15) is 32.5 Å². The van der Waals surface area contributed by atoms with Gasteiger partial charge in [-0.3, -0.25) is 9.59 Å². The van der Waals surface area contributed by atoms with E-state index in [-0.39, 0.29) is 17.8 Å². The van der Waals surface area contributed by atoms with Crippen LogP contribution < -0.4 is 0 Å². The summed E-state index contributed by atoms with van der Waals surface area (Å²) in [5.41, 5.74) is 0.809. The Labute approximate surface area is 156 Å². The first-order chi connectivity index (χ1) is 12.6. The highest BCUT2D eigenvalue weighted by Gasteiger charge is 2.28. The van der Waals surface area contributed by atoms with Crippen molar-refractivity contribution in [3.63, 3.8) is 0 Å². The summed E-state index contributed by atoms with van der Waals surface area (Å²) in [7, 11) is 0. The van der Waals surface area contributed by atoms with E-state index in [2.05, 4.69) is 0 Å². The molecule has 3 rings (SSSR count). The Morgan fingerprint density at radius 2 is 1.62 bits per heavy atom. The van der Waals surface area contributed by atoms with E-state index in [0.717, 1.165) is 0 Å². The number of nitrogens with zero attached hydrogens (tertiary/aromatic N) is 2. The summed E-state index contributed by atoms with van der Waals surface area (Å²) in [5.74, 6) is -0.330. The van der Waals surface area contributed by atoms with Crippen LogP contribution in [0.15, 0.2) is 41.8 Å². The van der Waals surface area contributed by atoms with Gasteiger partial charge in [-0.15, -0.1) is 11.3 Å². The Morgan fingerprint density at radius 1 is 0.962 bits per heavy atom. The molecular weight excluding hydrogens is 352 g/mol. The zero-order valence-electron chi connectivity index (χ0n) is 14.5. The van der Waals surface area contributed by atoms with Gasteiger partial charge in [0, 0.05) is 31.7 Å². The summed E-state index contributed by atoms with van der Waals surface area (Å²) in [4.78, 5) is 41.3. The number of benzene rings is 1. The number of piperazine rings is 1. The molecule has 1 aromatic carbocycles. The number of carbonyl (C=O) groups is 3. The summed E-state index contributed by atoms with van der Waals surface area (Å²) in [5, 5.41) is 1.84. The molecule has 0 atom stereocenters. The number of hydrogen-bond acceptors (Lipinski definition) is 5. The topological polar surface area (TPSA) is 66.9 Å². The van der Waals surface area contributed by atoms with Crippen LogP contribution in [0.5, 0.6) is 0 Å². The molecule has 2 heterocycles. The van der Waals surface area contributed by atoms with E-state index in [0.29, 0.717) is 48.8 Å². The number of hydrogen-bond donors (Lipinski definition) is 0. The van der Waals surface area contributed by atoms with Crippen LogP contribution in [-0.2, 0) is 4.74 Å². The second kappa shape index (κ2) is 8.14. The van der Waals surface area contributed by atoms with E-state index in [1.165, 1.54) is 11.3 Å². The first-order valence-electron chi connectivity index (χ1n) is 8.50. The maximum atomic E-state index is 12.9. The lowest BCUT2D eigenvalue weighted by molar-refractivity contribution is 0.0569. The monoisotopic (exact) mass is 372 g/mol. The molecule has 136 valence electrons. The summed E-state index contributed by atoms with van der Waals surface area (Å²) in [6.45, 7) is 3.77. The second-order valence-corrected chi connectivity index (χ2v) is 6.78. The van der Waals surface area contributed by atoms with Crippen molar-refractivity contribution >= 4 is 29.1 Å². The maximum absolute atomic E-state index is 12.9. The lowest BCUT2D eigenvalue weighted by atomic mass is 10.0. The molecule has 7 heteroatoms. The highest BCUT2D eigenvalue weighted by atomic mass is 32.1. The van der Waals surface area contributed by atoms with Gasteiger partial charge in [-0.25, -0.2) is 4.79 Å². The van der Waals surface area contributed by atoms with Crippen molar-refractivity contribution in [1.82, 2.24) is 9.80 Å². The smallest absolute Gasteiger partial charge is 0.409 e. The maximum Gasteiger partial charge on any atom is 0.409 e. The third-order valence-electron chi connectivity index (χ3n) is 4.24. The van der Waals surface area contributed by atoms with Crippen molar-refractivity contribution in [3.05, 3.63) is 57.8 Å². The van der Waals surface area contributed by atoms with Crippen molar-refractivity contribution in [2.75, 3.05) is 32.8 Å². The van der Waals surface area contributed by atoms with Gasteiger partial charge in [0.25, 0.3) is 5.91 Å². The Bertz CT molecular complexity index is 796. The number of rotatable bonds is 4. The molecule has 1 aliphatic heterocycles. The normalized spacial score (nSPS) is 14.2. The second-order valence-electron chi connectivity index (χ2n) is 5.83. The van der Waals surface area contributed by atoms with Gasteiger partial charge in [0.2, 0.25) is 5.78 Å². The van der Waals surface area contributed by atoms with Gasteiger partial charge in [-0.05, 0) is 24.4 Å². The van der Waals surface area contributed by atoms with Crippen molar-refractivity contribution in [1.29, 1.82) is 0 Å². The van der Waals surface area contributed by atoms with Gasteiger partial charge in [-0.2, -0.15) is 0 Å². The Hall–Kier alpha value is -2.67. The minimum absolute atomic E-state index is 0.144. The highest BCUT2D eigenvalue weighted by Crippen LogP contribution is 2.20. The van der Waals surface area contributed by atoms with Gasteiger partial charge in [0.1, 0.15) is 0 Å². The van der Waals surface area contributed by atoms with Gasteiger partial charge < -0.3 is 14.5 Å². The molecule has 0 unspecified atom stereocenters. The summed E-state index contributed by atoms with van der Waals surface area (Å²) in [6, 6.07) is 10.5. The van der Waals surface area contributed by atoms with E-state index in [4.69, 9.17) is 4.74 Å². The Balaban J connectivity index is 1.73. The average molecular weight is 372 g/mol. The lowest BCUT2D eigenvalue weighted by Gasteiger charge is -2.34. The fourth-order valence-corrected chi connectivity index (χ4v) is 3.56. The number of carbonyl (C=O) groups excluding carboxylic acids is 3. The van der Waals surface area contributed by atoms with Crippen LogP contribution in [0.4, 0.5) is 4.79 Å². The van der Waals surface area contributed by atoms with Crippen LogP contribution in [-0.4, -0.2) is 60.4 Å². The fourth-order valence-electron chi connectivity index (χ4n) is 2.89. The zero-order chi connectivity index (χ0) is 18.5. The number of ketones is 1. The van der Waals surface area contributed by atoms with Crippen LogP contribution in [0.3, 0.4) is 0 Å². The lowest BCUT2D eigenvalue weighted by Crippen LogP contribution is -2.50. The van der Waals surface area contributed by atoms with Crippen LogP contribution >= 0.6 is 11.3 Å². The average Bonchev–Trinajstić information content (AvgIpc) is 3.22. The van der Waals surface area contributed by atoms with Crippen LogP contribution in [0.25, 0.3) is 0 Å². The molecule has 0 saturated carbocycles. The van der Waals surface area contributed by atoms with E-state index < -0.39 is 0 Å². The van der Waals surface area contributed by atoms with Gasteiger partial charge in [0.05, 0.1) is 17.0 Å². The summed E-state index contributed by atoms with van der Waals surface area (Å²) < 4.78 is 4.99. The van der Waals surface area contributed by atoms with Crippen LogP contribution in [0, 0.1) is 0 Å². The van der Waals surface area contributed by atoms with Gasteiger partial charge in [-0.1, -0.05) is 24.3 Å². The third-order valence-corrected chi connectivity index (χ3v) is 5.11. The molecule has 6 nitrogen and oxygen atoms in total. The standard InChI is InChI=1S/C19H20N2O4S/c1-2-25-19(24)21-11-9-20(10-12-21)18(23)15-7-4-3-6-14(15)17(22)16-8-5-13-26-16/h3-8,13H,2,9-12H2,1H3. The molecule has 2 amide bonds. The molecule has 0 aliphatic carbocycles. The molecule has 0 radical (unpaired) electrons. The number of ether oxygens (including phenoxy) is 1. The molecule has 1 fully saturated rings. The quantitative estimate of drug-likeness (QED) is 0.774. The molecular formula is C19H20N2O4S. The van der Waals surface area contributed by atoms with Gasteiger partial charge >= 0.3 is 6.09 Å². The van der Waals surface area contributed by atoms with E-state index in [1.807, 2.05) is 11.4 Å². The zero-order valence-corrected chi connectivity index (χ0v) is 15.3. The van der Waals surface area contributed by atoms with E-state index >= 15 is 0 Å². The molecule has 1 aromatic heterocycles. The first-order valence-corrected chi connectivity index (χ1v) is 9.38. The van der Waals surface area contributed by atoms with E-state index in [1.54, 1.807) is 47.1 Å². The largest absolute Gasteiger partial charge is 0.450 e. The highest BCUT2D eigenvalue weighted by molar-refractivity contribution is 7.12. The first kappa shape index (κ1) is 18.1. The van der Waals surface area contributed by atoms with Crippen LogP contribution in [0.2, 0.25) is 0 Å². The Kier molecular flexibility index (Phi) is 5.68. The molecule has 0 spiro atoms. The molecule has 26 heavy (non-hydrogen) atoms. The number of amides is 2. The van der Waals surface area contributed by atoms with Crippen molar-refractivity contribution in [2.45, 2.75) is 6.92 Å². The van der Waals surface area contributed by atoms with Gasteiger partial charge in [0.15, 0.2) is 0 Å². The fraction of sp³-hybridized carbons (Fsp3) is 0.316. The Morgan fingerprint density at radius 3 is 2.23 bits per heavy atom. The van der Waals surface area contributed by atoms with Crippen molar-refractivity contribution < 1.29 is 19.1 Å². The predicted octanol–water partition coefficient (Wildman–Crippen LogP) is 2.89. The minimum Gasteiger partial charge on any atom is -0.450 e. The molecule has 2 aromatic rings. The minimum atomic E-state index is -0.354. The van der Waals surface area contributed by atoms with Crippen molar-refractivity contribution in [2.24, 2.45) is 0 Å². The molecule has 0 bridgehead atoms. The van der Waals surface area contributed by atoms with Crippen molar-refractivity contribution in [3.8, 4) is 0 Å². The number of thiophene rings is 1. The third kappa shape index (κ3) is 3.77. The summed E-state index contributed by atoms with van der Waals surface area (Å²) in [6.07, 6.45) is -0.354.